The summed E-state index contributed by atoms with van der Waals surface area (Å²) < 4.78 is 0. The molecule has 4 nitrogen and oxygen atoms in total. The topological polar surface area (TPSA) is 52.6 Å². The Labute approximate surface area is 105 Å². The van der Waals surface area contributed by atoms with Gasteiger partial charge in [0.05, 0.1) is 0 Å². The van der Waals surface area contributed by atoms with E-state index in [1.54, 1.807) is 0 Å². The van der Waals surface area contributed by atoms with E-state index in [4.69, 9.17) is 0 Å². The van der Waals surface area contributed by atoms with Crippen molar-refractivity contribution in [3.63, 3.8) is 0 Å². The first-order chi connectivity index (χ1) is 8.02. The third kappa shape index (κ3) is 5.50. The highest BCUT2D eigenvalue weighted by molar-refractivity contribution is 5.78. The second kappa shape index (κ2) is 8.48. The van der Waals surface area contributed by atoms with Gasteiger partial charge in [-0.05, 0) is 52.4 Å². The average molecular weight is 244 g/mol. The van der Waals surface area contributed by atoms with Crippen molar-refractivity contribution in [3.8, 4) is 0 Å². The van der Waals surface area contributed by atoms with E-state index < -0.39 is 11.5 Å². The van der Waals surface area contributed by atoms with E-state index in [2.05, 4.69) is 31.1 Å². The largest absolute Gasteiger partial charge is 0.480 e. The number of carboxylic acids is 1. The summed E-state index contributed by atoms with van der Waals surface area (Å²) in [6.45, 7) is 8.84. The summed E-state index contributed by atoms with van der Waals surface area (Å²) in [7, 11) is 2.06. The van der Waals surface area contributed by atoms with Crippen molar-refractivity contribution in [3.05, 3.63) is 0 Å². The van der Waals surface area contributed by atoms with Crippen LogP contribution in [0, 0.1) is 0 Å². The van der Waals surface area contributed by atoms with Crippen molar-refractivity contribution in [2.75, 3.05) is 26.7 Å². The van der Waals surface area contributed by atoms with Crippen LogP contribution in [0.15, 0.2) is 0 Å². The number of rotatable bonds is 10. The summed E-state index contributed by atoms with van der Waals surface area (Å²) >= 11 is 0. The molecule has 0 fully saturated rings. The Bertz CT molecular complexity index is 221. The van der Waals surface area contributed by atoms with Gasteiger partial charge in [0.2, 0.25) is 0 Å². The van der Waals surface area contributed by atoms with Crippen molar-refractivity contribution in [1.82, 2.24) is 10.2 Å². The second-order valence-electron chi connectivity index (χ2n) is 4.67. The predicted octanol–water partition coefficient (Wildman–Crippen LogP) is 1.95. The molecule has 0 saturated carbocycles. The van der Waals surface area contributed by atoms with E-state index in [-0.39, 0.29) is 0 Å². The van der Waals surface area contributed by atoms with Crippen molar-refractivity contribution >= 4 is 5.97 Å². The van der Waals surface area contributed by atoms with E-state index >= 15 is 0 Å². The number of hydrogen-bond donors (Lipinski definition) is 2. The highest BCUT2D eigenvalue weighted by Gasteiger charge is 2.35. The van der Waals surface area contributed by atoms with Gasteiger partial charge in [0.25, 0.3) is 0 Å². The van der Waals surface area contributed by atoms with Gasteiger partial charge in [-0.25, -0.2) is 0 Å². The van der Waals surface area contributed by atoms with Gasteiger partial charge in [0, 0.05) is 0 Å². The average Bonchev–Trinajstić information content (AvgIpc) is 2.33. The van der Waals surface area contributed by atoms with Crippen LogP contribution >= 0.6 is 0 Å². The molecular weight excluding hydrogens is 216 g/mol. The van der Waals surface area contributed by atoms with Crippen LogP contribution in [0.3, 0.4) is 0 Å². The zero-order chi connectivity index (χ0) is 13.3. The van der Waals surface area contributed by atoms with Crippen LogP contribution < -0.4 is 5.32 Å². The summed E-state index contributed by atoms with van der Waals surface area (Å²) in [5.41, 5.74) is -0.732. The molecule has 0 aliphatic carbocycles. The van der Waals surface area contributed by atoms with Crippen molar-refractivity contribution in [2.45, 2.75) is 52.0 Å². The molecule has 0 aliphatic heterocycles. The van der Waals surface area contributed by atoms with Gasteiger partial charge in [-0.1, -0.05) is 20.8 Å². The summed E-state index contributed by atoms with van der Waals surface area (Å²) in [5, 5.41) is 12.6. The zero-order valence-corrected chi connectivity index (χ0v) is 11.8. The maximum absolute atomic E-state index is 11.4. The molecule has 1 unspecified atom stereocenters. The molecule has 4 heteroatoms. The van der Waals surface area contributed by atoms with Gasteiger partial charge < -0.3 is 15.3 Å². The maximum atomic E-state index is 11.4. The lowest BCUT2D eigenvalue weighted by Crippen LogP contribution is -2.52. The number of hydrogen-bond acceptors (Lipinski definition) is 3. The number of nitrogens with zero attached hydrogens (tertiary/aromatic N) is 1. The molecule has 0 amide bonds. The van der Waals surface area contributed by atoms with Gasteiger partial charge in [-0.2, -0.15) is 0 Å². The lowest BCUT2D eigenvalue weighted by molar-refractivity contribution is -0.145. The number of carbonyl (C=O) groups is 1. The normalized spacial score (nSPS) is 14.9. The quantitative estimate of drug-likeness (QED) is 0.617. The molecule has 0 heterocycles. The van der Waals surface area contributed by atoms with E-state index in [9.17, 15) is 9.90 Å². The molecule has 1 atom stereocenters. The first kappa shape index (κ1) is 16.4. The smallest absolute Gasteiger partial charge is 0.323 e. The summed E-state index contributed by atoms with van der Waals surface area (Å²) in [5.74, 6) is -0.715. The standard InChI is InChI=1S/C13H28N2O2/c1-5-10-14-13(6-2,12(16)17)9-8-11-15(4)7-3/h14H,5-11H2,1-4H3,(H,16,17). The van der Waals surface area contributed by atoms with Crippen LogP contribution in [0.1, 0.15) is 46.5 Å². The molecule has 0 aromatic rings. The molecule has 0 rings (SSSR count). The Kier molecular flexibility index (Phi) is 8.17. The number of carboxylic acid groups (broad SMARTS) is 1. The van der Waals surface area contributed by atoms with Crippen LogP contribution in [0.4, 0.5) is 0 Å². The Morgan fingerprint density at radius 2 is 2.00 bits per heavy atom. The molecule has 0 radical (unpaired) electrons. The minimum Gasteiger partial charge on any atom is -0.480 e. The highest BCUT2D eigenvalue weighted by Crippen LogP contribution is 2.18. The fourth-order valence-corrected chi connectivity index (χ4v) is 1.90. The lowest BCUT2D eigenvalue weighted by Gasteiger charge is -2.30. The molecule has 0 bridgehead atoms. The molecule has 0 aliphatic rings. The minimum atomic E-state index is -0.732. The Morgan fingerprint density at radius 3 is 2.41 bits per heavy atom. The second-order valence-corrected chi connectivity index (χ2v) is 4.67. The van der Waals surface area contributed by atoms with Gasteiger partial charge in [-0.15, -0.1) is 0 Å². The molecule has 0 spiro atoms. The summed E-state index contributed by atoms with van der Waals surface area (Å²) in [4.78, 5) is 13.6. The fourth-order valence-electron chi connectivity index (χ4n) is 1.90. The van der Waals surface area contributed by atoms with Crippen LogP contribution in [-0.2, 0) is 4.79 Å². The first-order valence-corrected chi connectivity index (χ1v) is 6.69. The third-order valence-corrected chi connectivity index (χ3v) is 3.41. The van der Waals surface area contributed by atoms with Crippen molar-refractivity contribution < 1.29 is 9.90 Å². The maximum Gasteiger partial charge on any atom is 0.323 e. The SMILES string of the molecule is CCCNC(CC)(CCCN(C)CC)C(=O)O. The van der Waals surface area contributed by atoms with E-state index in [1.165, 1.54) is 0 Å². The zero-order valence-electron chi connectivity index (χ0n) is 11.8. The molecule has 17 heavy (non-hydrogen) atoms. The molecule has 0 aromatic heterocycles. The molecule has 2 N–H and O–H groups in total. The van der Waals surface area contributed by atoms with Gasteiger partial charge in [-0.3, -0.25) is 4.79 Å². The van der Waals surface area contributed by atoms with E-state index in [1.807, 2.05) is 6.92 Å². The third-order valence-electron chi connectivity index (χ3n) is 3.41. The van der Waals surface area contributed by atoms with Crippen LogP contribution in [0.2, 0.25) is 0 Å². The first-order valence-electron chi connectivity index (χ1n) is 6.69. The monoisotopic (exact) mass is 244 g/mol. The van der Waals surface area contributed by atoms with Gasteiger partial charge in [0.15, 0.2) is 0 Å². The van der Waals surface area contributed by atoms with E-state index in [0.717, 1.165) is 32.5 Å². The van der Waals surface area contributed by atoms with Gasteiger partial charge >= 0.3 is 5.97 Å². The highest BCUT2D eigenvalue weighted by atomic mass is 16.4. The number of nitrogens with one attached hydrogen (secondary N) is 1. The minimum absolute atomic E-state index is 0.637. The summed E-state index contributed by atoms with van der Waals surface area (Å²) in [6, 6.07) is 0. The fraction of sp³-hybridized carbons (Fsp3) is 0.923. The summed E-state index contributed by atoms with van der Waals surface area (Å²) in [6.07, 6.45) is 3.21. The van der Waals surface area contributed by atoms with E-state index in [0.29, 0.717) is 12.8 Å². The molecule has 0 saturated heterocycles. The van der Waals surface area contributed by atoms with Crippen LogP contribution in [0.5, 0.6) is 0 Å². The van der Waals surface area contributed by atoms with Crippen LogP contribution in [0.25, 0.3) is 0 Å². The molecule has 102 valence electrons. The predicted molar refractivity (Wildman–Crippen MR) is 71.4 cm³/mol. The molecule has 0 aromatic carbocycles. The Balaban J connectivity index is 4.31. The Hall–Kier alpha value is -0.610. The van der Waals surface area contributed by atoms with Crippen molar-refractivity contribution in [1.29, 1.82) is 0 Å². The lowest BCUT2D eigenvalue weighted by atomic mass is 9.90. The Morgan fingerprint density at radius 1 is 1.35 bits per heavy atom. The van der Waals surface area contributed by atoms with Crippen LogP contribution in [-0.4, -0.2) is 48.2 Å². The molecular formula is C13H28N2O2. The van der Waals surface area contributed by atoms with Crippen molar-refractivity contribution in [2.24, 2.45) is 0 Å². The number of aliphatic carboxylic acids is 1. The van der Waals surface area contributed by atoms with Gasteiger partial charge in [0.1, 0.15) is 5.54 Å².